The molecular formula is C94H186N4Na2O23S3. The summed E-state index contributed by atoms with van der Waals surface area (Å²) in [6, 6.07) is 0. The van der Waals surface area contributed by atoms with Gasteiger partial charge in [-0.2, -0.15) is 0 Å². The molecule has 2 amide bonds. The van der Waals surface area contributed by atoms with Gasteiger partial charge in [0.1, 0.15) is 32.4 Å². The number of aliphatic hydroxyl groups is 4. The third-order valence-corrected chi connectivity index (χ3v) is 24.3. The monoisotopic (exact) mass is 1880 g/mol. The van der Waals surface area contributed by atoms with Crippen LogP contribution in [0.4, 0.5) is 0 Å². The van der Waals surface area contributed by atoms with Crippen molar-refractivity contribution in [1.29, 1.82) is 0 Å². The van der Waals surface area contributed by atoms with Crippen molar-refractivity contribution in [3.05, 3.63) is 36.5 Å². The second-order valence-electron chi connectivity index (χ2n) is 34.0. The van der Waals surface area contributed by atoms with Gasteiger partial charge >= 0.3 is 71.1 Å². The standard InChI is InChI=1S/C17H35NO4S.C16H33NO3.C16H31NO2.C15H29NO2.2C15H30O6S.2Na/c1-4-5-6-7-8-9-10-11-12-13-14-18(2,3)15-17(19)16-23(20,21)22;1-2-3-4-5-6-7-8-9-10-11-16(20)17(12-14-18)13-15-19;1-4-5-6-7-8-9-10-11-12-13-14-17(2,3)15-16(18)19;1-3-4-5-6-7-8-9-10-11-12-15(18)16-13-14(2)17;2*1-3-14(22(17,18)19)10-8-6-4-5-7-9-11-15(16)21-13-12-20-2;;/h5-6,17,19H,4,7-16H2,1-3H3;18-19H,2-15H2,1H3;5-6H,4,7-15H2,1-3H3;4-5,14,17H,3,6-13H2,1-2H3,(H,16,18);2*14H,3-13H2,1-2H3,(H,17,18,19);;/q;;;;;;2*+1/p-2/b6-5+;;6-5+;5-4+;;;;. The Morgan fingerprint density at radius 3 is 1.06 bits per heavy atom. The summed E-state index contributed by atoms with van der Waals surface area (Å²) >= 11 is 0. The number of amides is 2. The maximum atomic E-state index is 11.8. The molecule has 0 aliphatic heterocycles. The first kappa shape index (κ1) is 139. The van der Waals surface area contributed by atoms with E-state index in [0.717, 1.165) is 154 Å². The van der Waals surface area contributed by atoms with Crippen molar-refractivity contribution in [1.82, 2.24) is 10.2 Å². The molecule has 0 spiro atoms. The molecule has 0 aliphatic carbocycles. The average molecular weight is 1880 g/mol. The van der Waals surface area contributed by atoms with E-state index in [-0.39, 0.29) is 103 Å². The summed E-state index contributed by atoms with van der Waals surface area (Å²) in [4.78, 5) is 57.8. The Labute approximate surface area is 814 Å². The second-order valence-corrected chi connectivity index (χ2v) is 38.8. The normalized spacial score (nSPS) is 12.6. The Balaban J connectivity index is -0.000000221. The number of likely N-dealkylation sites (N-methyl/N-ethyl adjacent to an activating group) is 2. The molecule has 0 rings (SSSR count). The molecule has 5 N–H and O–H groups in total. The minimum atomic E-state index is -4.35. The van der Waals surface area contributed by atoms with Gasteiger partial charge in [-0.05, 0) is 142 Å². The van der Waals surface area contributed by atoms with E-state index in [0.29, 0.717) is 113 Å². The number of allylic oxidation sites excluding steroid dienone is 6. The second kappa shape index (κ2) is 100. The Hall–Kier alpha value is -2.02. The van der Waals surface area contributed by atoms with Gasteiger partial charge in [-0.1, -0.05) is 251 Å². The third-order valence-electron chi connectivity index (χ3n) is 20.7. The summed E-state index contributed by atoms with van der Waals surface area (Å²) in [6.45, 7) is 18.4. The Morgan fingerprint density at radius 2 is 0.746 bits per heavy atom. The zero-order valence-corrected chi connectivity index (χ0v) is 89.0. The van der Waals surface area contributed by atoms with Gasteiger partial charge in [-0.3, -0.25) is 19.2 Å². The van der Waals surface area contributed by atoms with Gasteiger partial charge in [0.2, 0.25) is 11.8 Å². The third kappa shape index (κ3) is 116. The molecule has 32 heteroatoms. The van der Waals surface area contributed by atoms with Gasteiger partial charge < -0.3 is 82.1 Å². The number of rotatable bonds is 79. The van der Waals surface area contributed by atoms with E-state index < -0.39 is 64.8 Å². The minimum Gasteiger partial charge on any atom is -0.748 e. The summed E-state index contributed by atoms with van der Waals surface area (Å²) in [6.07, 6.45) is 65.1. The van der Waals surface area contributed by atoms with Crippen molar-refractivity contribution in [3.63, 3.8) is 0 Å². The number of nitrogens with one attached hydrogen (secondary N) is 1. The molecule has 0 aromatic rings. The molecule has 0 aromatic carbocycles. The largest absolute Gasteiger partial charge is 1.00 e. The number of carboxylic acid groups (broad SMARTS) is 1. The Morgan fingerprint density at radius 1 is 0.429 bits per heavy atom. The Bertz CT molecular complexity index is 2780. The van der Waals surface area contributed by atoms with Crippen molar-refractivity contribution in [3.8, 4) is 0 Å². The number of hydrogen-bond acceptors (Lipinski definition) is 23. The van der Waals surface area contributed by atoms with Crippen molar-refractivity contribution in [2.45, 2.75) is 405 Å². The van der Waals surface area contributed by atoms with Crippen molar-refractivity contribution >= 4 is 60.1 Å². The number of methoxy groups -OCH3 is 2. The molecule has 4 unspecified atom stereocenters. The zero-order chi connectivity index (χ0) is 94.7. The molecular weight excluding hydrogens is 1700 g/mol. The van der Waals surface area contributed by atoms with Crippen LogP contribution in [-0.2, 0) is 73.3 Å². The van der Waals surface area contributed by atoms with Gasteiger partial charge in [0, 0.05) is 70.0 Å². The molecule has 27 nitrogen and oxygen atoms in total. The number of ether oxygens (including phenoxy) is 4. The van der Waals surface area contributed by atoms with Gasteiger partial charge in [-0.15, -0.1) is 0 Å². The molecule has 0 fully saturated rings. The molecule has 0 aromatic heterocycles. The molecule has 740 valence electrons. The minimum absolute atomic E-state index is 0. The van der Waals surface area contributed by atoms with Gasteiger partial charge in [-0.25, -0.2) is 25.3 Å². The van der Waals surface area contributed by atoms with E-state index >= 15 is 0 Å². The Kier molecular flexibility index (Phi) is 111. The fraction of sp³-hybridized carbons (Fsp3) is 0.883. The number of nitrogens with zero attached hydrogens (tertiary/aromatic N) is 3. The van der Waals surface area contributed by atoms with E-state index in [1.165, 1.54) is 141 Å². The molecule has 126 heavy (non-hydrogen) atoms. The first-order chi connectivity index (χ1) is 58.9. The topological polar surface area (TPSA) is 413 Å². The van der Waals surface area contributed by atoms with Crippen LogP contribution in [0.15, 0.2) is 36.5 Å². The van der Waals surface area contributed by atoms with Crippen molar-refractivity contribution in [2.24, 2.45) is 0 Å². The summed E-state index contributed by atoms with van der Waals surface area (Å²) in [5, 5.41) is 48.2. The molecule has 4 atom stereocenters. The van der Waals surface area contributed by atoms with Crippen LogP contribution in [0.25, 0.3) is 0 Å². The number of esters is 2. The molecule has 0 radical (unpaired) electrons. The summed E-state index contributed by atoms with van der Waals surface area (Å²) in [5.41, 5.74) is 0. The maximum absolute atomic E-state index is 11.8. The first-order valence-electron chi connectivity index (χ1n) is 47.9. The average Bonchev–Trinajstić information content (AvgIpc) is 0.725. The number of carbonyl (C=O) groups excluding carboxylic acids is 5. The van der Waals surface area contributed by atoms with Crippen LogP contribution >= 0.6 is 0 Å². The van der Waals surface area contributed by atoms with Crippen LogP contribution in [0.1, 0.15) is 382 Å². The van der Waals surface area contributed by atoms with E-state index in [1.54, 1.807) is 39.9 Å². The smallest absolute Gasteiger partial charge is 0.748 e. The fourth-order valence-corrected chi connectivity index (χ4v) is 15.8. The molecule has 0 heterocycles. The number of aliphatic hydroxyl groups excluding tert-OH is 4. The predicted molar refractivity (Wildman–Crippen MR) is 499 cm³/mol. The SMILES string of the molecule is CC/C=C/CCCCCCCC(=O)NCC(C)O.CC/C=C/CCCCCCCC[N+](C)(C)CC(=O)[O-].CC/C=C/CCCCCCCC[N+](C)(C)CC(O)CS(=O)(=O)[O-].CCC(CCCCCCCCC(=O)OCCOC)S(=O)(=O)[O-].CCC(CCCCCCCCC(=O)OCCOC)S(=O)(=O)[O-].CCCCCCCCCCCC(=O)N(CCO)CCO.[Na+].[Na+]. The van der Waals surface area contributed by atoms with E-state index in [2.05, 4.69) is 69.5 Å². The quantitative estimate of drug-likeness (QED) is 0.00943. The van der Waals surface area contributed by atoms with Gasteiger partial charge in [0.15, 0.2) is 0 Å². The van der Waals surface area contributed by atoms with Gasteiger partial charge in [0.05, 0.1) is 116 Å². The summed E-state index contributed by atoms with van der Waals surface area (Å²) in [5.74, 6) is -1.92. The number of aliphatic carboxylic acids is 1. The van der Waals surface area contributed by atoms with Crippen molar-refractivity contribution in [2.75, 3.05) is 134 Å². The first-order valence-corrected chi connectivity index (χ1v) is 52.4. The molecule has 0 saturated heterocycles. The van der Waals surface area contributed by atoms with Crippen LogP contribution in [0.5, 0.6) is 0 Å². The van der Waals surface area contributed by atoms with Gasteiger partial charge in [0.25, 0.3) is 0 Å². The van der Waals surface area contributed by atoms with Crippen molar-refractivity contribution < 1.29 is 175 Å². The molecule has 0 saturated carbocycles. The molecule has 0 bridgehead atoms. The van der Waals surface area contributed by atoms with E-state index in [4.69, 9.17) is 34.3 Å². The zero-order valence-electron chi connectivity index (χ0n) is 82.6. The fourth-order valence-electron chi connectivity index (χ4n) is 13.5. The van der Waals surface area contributed by atoms with Crippen LogP contribution in [0.2, 0.25) is 0 Å². The van der Waals surface area contributed by atoms with E-state index in [1.807, 2.05) is 28.2 Å². The number of carboxylic acids is 1. The summed E-state index contributed by atoms with van der Waals surface area (Å²) < 4.78 is 118. The van der Waals surface area contributed by atoms with E-state index in [9.17, 15) is 73.1 Å². The van der Waals surface area contributed by atoms with Crippen LogP contribution in [0, 0.1) is 0 Å². The predicted octanol–water partition coefficient (Wildman–Crippen LogP) is 10.3. The van der Waals surface area contributed by atoms with Crippen LogP contribution < -0.4 is 69.5 Å². The van der Waals surface area contributed by atoms with Crippen LogP contribution in [-0.4, -0.2) is 259 Å². The van der Waals surface area contributed by atoms with Crippen LogP contribution in [0.3, 0.4) is 0 Å². The maximum Gasteiger partial charge on any atom is 1.00 e. The summed E-state index contributed by atoms with van der Waals surface area (Å²) in [7, 11) is -1.70. The number of hydrogen-bond donors (Lipinski definition) is 5. The number of unbranched alkanes of at least 4 members (excludes halogenated alkanes) is 35. The number of quaternary nitrogens is 2. The number of carbonyl (C=O) groups is 5. The molecule has 0 aliphatic rings.